The smallest absolute Gasteiger partial charge is 0.358 e. The quantitative estimate of drug-likeness (QED) is 0.891. The van der Waals surface area contributed by atoms with Crippen LogP contribution in [0.15, 0.2) is 15.4 Å². The molecule has 0 saturated carbocycles. The van der Waals surface area contributed by atoms with Crippen LogP contribution in [0.3, 0.4) is 0 Å². The van der Waals surface area contributed by atoms with Crippen molar-refractivity contribution < 1.29 is 14.4 Å². The normalized spacial score (nSPS) is 10.7. The summed E-state index contributed by atoms with van der Waals surface area (Å²) in [6.07, 6.45) is 0. The van der Waals surface area contributed by atoms with Gasteiger partial charge in [-0.1, -0.05) is 16.5 Å². The van der Waals surface area contributed by atoms with E-state index in [1.54, 1.807) is 0 Å². The van der Waals surface area contributed by atoms with E-state index >= 15 is 0 Å². The molecule has 0 atom stereocenters. The van der Waals surface area contributed by atoms with Crippen molar-refractivity contribution in [2.45, 2.75) is 20.4 Å². The van der Waals surface area contributed by atoms with E-state index in [0.29, 0.717) is 5.76 Å². The van der Waals surface area contributed by atoms with Crippen molar-refractivity contribution in [2.24, 2.45) is 0 Å². The number of hydrogen-bond acceptors (Lipinski definition) is 5. The van der Waals surface area contributed by atoms with E-state index in [1.165, 1.54) is 10.6 Å². The highest BCUT2D eigenvalue weighted by molar-refractivity contribution is 7.09. The van der Waals surface area contributed by atoms with Gasteiger partial charge in [0.05, 0.1) is 6.54 Å². The standard InChI is InChI=1S/C10H10N2O4S/c1-5-6(2)17-10(15)12(5)4-7-3-8(9(13)14)11-16-7/h3H,4H2,1-2H3,(H,13,14). The summed E-state index contributed by atoms with van der Waals surface area (Å²) in [5, 5.41) is 12.1. The molecule has 90 valence electrons. The lowest BCUT2D eigenvalue weighted by Gasteiger charge is -2.00. The van der Waals surface area contributed by atoms with Gasteiger partial charge in [0.2, 0.25) is 0 Å². The number of aromatic nitrogens is 2. The summed E-state index contributed by atoms with van der Waals surface area (Å²) in [5.74, 6) is -0.795. The Balaban J connectivity index is 2.31. The number of carboxylic acid groups (broad SMARTS) is 1. The van der Waals surface area contributed by atoms with Gasteiger partial charge < -0.3 is 9.63 Å². The number of hydrogen-bond donors (Lipinski definition) is 1. The molecule has 1 N–H and O–H groups in total. The van der Waals surface area contributed by atoms with Crippen LogP contribution in [0, 0.1) is 13.8 Å². The number of rotatable bonds is 3. The molecular weight excluding hydrogens is 244 g/mol. The monoisotopic (exact) mass is 254 g/mol. The van der Waals surface area contributed by atoms with Gasteiger partial charge in [-0.05, 0) is 13.8 Å². The summed E-state index contributed by atoms with van der Waals surface area (Å²) in [7, 11) is 0. The second kappa shape index (κ2) is 4.17. The molecule has 0 saturated heterocycles. The van der Waals surface area contributed by atoms with Crippen molar-refractivity contribution in [1.29, 1.82) is 0 Å². The Hall–Kier alpha value is -1.89. The van der Waals surface area contributed by atoms with Crippen LogP contribution in [0.2, 0.25) is 0 Å². The highest BCUT2D eigenvalue weighted by atomic mass is 32.1. The van der Waals surface area contributed by atoms with E-state index < -0.39 is 5.97 Å². The molecule has 2 aromatic heterocycles. The minimum absolute atomic E-state index is 0.0896. The van der Waals surface area contributed by atoms with Crippen LogP contribution in [-0.2, 0) is 6.54 Å². The zero-order chi connectivity index (χ0) is 12.6. The summed E-state index contributed by atoms with van der Waals surface area (Å²) >= 11 is 1.16. The van der Waals surface area contributed by atoms with Gasteiger partial charge >= 0.3 is 10.8 Å². The third-order valence-corrected chi connectivity index (χ3v) is 3.46. The Bertz CT molecular complexity index is 623. The van der Waals surface area contributed by atoms with Crippen LogP contribution in [0.4, 0.5) is 0 Å². The van der Waals surface area contributed by atoms with Crippen molar-refractivity contribution in [3.8, 4) is 0 Å². The summed E-state index contributed by atoms with van der Waals surface area (Å²) in [4.78, 5) is 23.1. The molecule has 7 heteroatoms. The first kappa shape index (κ1) is 11.6. The SMILES string of the molecule is Cc1sc(=O)n(Cc2cc(C(=O)O)no2)c1C. The fourth-order valence-corrected chi connectivity index (χ4v) is 2.25. The molecule has 0 amide bonds. The predicted molar refractivity (Wildman–Crippen MR) is 60.6 cm³/mol. The molecule has 6 nitrogen and oxygen atoms in total. The van der Waals surface area contributed by atoms with Gasteiger partial charge in [-0.25, -0.2) is 4.79 Å². The highest BCUT2D eigenvalue weighted by Crippen LogP contribution is 2.12. The van der Waals surface area contributed by atoms with E-state index in [4.69, 9.17) is 9.63 Å². The van der Waals surface area contributed by atoms with Crippen molar-refractivity contribution in [1.82, 2.24) is 9.72 Å². The zero-order valence-electron chi connectivity index (χ0n) is 9.26. The van der Waals surface area contributed by atoms with Crippen LogP contribution in [0.1, 0.15) is 26.8 Å². The molecule has 2 rings (SSSR count). The maximum absolute atomic E-state index is 11.6. The average molecular weight is 254 g/mol. The lowest BCUT2D eigenvalue weighted by Crippen LogP contribution is -2.14. The van der Waals surface area contributed by atoms with Crippen LogP contribution in [0.5, 0.6) is 0 Å². The molecule has 0 bridgehead atoms. The molecule has 2 heterocycles. The lowest BCUT2D eigenvalue weighted by atomic mass is 10.3. The summed E-state index contributed by atoms with van der Waals surface area (Å²) < 4.78 is 6.40. The maximum atomic E-state index is 11.6. The van der Waals surface area contributed by atoms with Crippen LogP contribution < -0.4 is 4.87 Å². The van der Waals surface area contributed by atoms with Crippen molar-refractivity contribution >= 4 is 17.3 Å². The topological polar surface area (TPSA) is 85.3 Å². The van der Waals surface area contributed by atoms with E-state index in [2.05, 4.69) is 5.16 Å². The highest BCUT2D eigenvalue weighted by Gasteiger charge is 2.14. The molecular formula is C10H10N2O4S. The van der Waals surface area contributed by atoms with E-state index in [1.807, 2.05) is 13.8 Å². The zero-order valence-corrected chi connectivity index (χ0v) is 10.1. The van der Waals surface area contributed by atoms with Crippen LogP contribution in [-0.4, -0.2) is 20.8 Å². The average Bonchev–Trinajstić information content (AvgIpc) is 2.80. The van der Waals surface area contributed by atoms with E-state index in [-0.39, 0.29) is 17.1 Å². The minimum atomic E-state index is -1.15. The van der Waals surface area contributed by atoms with Crippen molar-refractivity contribution in [3.05, 3.63) is 37.8 Å². The largest absolute Gasteiger partial charge is 0.476 e. The predicted octanol–water partition coefficient (Wildman–Crippen LogP) is 1.26. The van der Waals surface area contributed by atoms with Crippen molar-refractivity contribution in [2.75, 3.05) is 0 Å². The number of thiazole rings is 1. The third kappa shape index (κ3) is 2.14. The number of carboxylic acids is 1. The first-order valence-corrected chi connectivity index (χ1v) is 5.66. The van der Waals surface area contributed by atoms with Crippen LogP contribution >= 0.6 is 11.3 Å². The van der Waals surface area contributed by atoms with Crippen LogP contribution in [0.25, 0.3) is 0 Å². The summed E-state index contributed by atoms with van der Waals surface area (Å²) in [6, 6.07) is 1.32. The Kier molecular flexibility index (Phi) is 2.84. The Morgan fingerprint density at radius 3 is 2.76 bits per heavy atom. The number of nitrogens with zero attached hydrogens (tertiary/aromatic N) is 2. The number of carbonyl (C=O) groups is 1. The van der Waals surface area contributed by atoms with E-state index in [0.717, 1.165) is 21.9 Å². The molecule has 2 aromatic rings. The Labute approximate surface area is 100 Å². The van der Waals surface area contributed by atoms with Gasteiger partial charge in [-0.3, -0.25) is 9.36 Å². The molecule has 0 fully saturated rings. The Morgan fingerprint density at radius 2 is 2.29 bits per heavy atom. The summed E-state index contributed by atoms with van der Waals surface area (Å²) in [5.41, 5.74) is 0.700. The maximum Gasteiger partial charge on any atom is 0.358 e. The molecule has 0 spiro atoms. The van der Waals surface area contributed by atoms with Gasteiger partial charge in [-0.2, -0.15) is 0 Å². The van der Waals surface area contributed by atoms with Gasteiger partial charge in [0.25, 0.3) is 0 Å². The molecule has 0 aliphatic heterocycles. The molecule has 17 heavy (non-hydrogen) atoms. The number of aryl methyl sites for hydroxylation is 1. The van der Waals surface area contributed by atoms with Gasteiger partial charge in [0.1, 0.15) is 0 Å². The number of aromatic carboxylic acids is 1. The fourth-order valence-electron chi connectivity index (χ4n) is 1.41. The first-order valence-electron chi connectivity index (χ1n) is 4.84. The molecule has 0 aromatic carbocycles. The molecule has 0 aliphatic carbocycles. The molecule has 0 aliphatic rings. The second-order valence-corrected chi connectivity index (χ2v) is 4.75. The third-order valence-electron chi connectivity index (χ3n) is 2.47. The minimum Gasteiger partial charge on any atom is -0.476 e. The van der Waals surface area contributed by atoms with E-state index in [9.17, 15) is 9.59 Å². The van der Waals surface area contributed by atoms with Gasteiger partial charge in [0.15, 0.2) is 11.5 Å². The molecule has 0 unspecified atom stereocenters. The first-order chi connectivity index (χ1) is 7.99. The fraction of sp³-hybridized carbons (Fsp3) is 0.300. The second-order valence-electron chi connectivity index (χ2n) is 3.58. The lowest BCUT2D eigenvalue weighted by molar-refractivity contribution is 0.0685. The van der Waals surface area contributed by atoms with Crippen molar-refractivity contribution in [3.63, 3.8) is 0 Å². The molecule has 0 radical (unpaired) electrons. The summed E-state index contributed by atoms with van der Waals surface area (Å²) in [6.45, 7) is 3.90. The Morgan fingerprint density at radius 1 is 1.59 bits per heavy atom. The van der Waals surface area contributed by atoms with Gasteiger partial charge in [-0.15, -0.1) is 0 Å². The van der Waals surface area contributed by atoms with Gasteiger partial charge in [0, 0.05) is 16.6 Å².